The Kier molecular flexibility index (Phi) is 7.40. The number of hydrogen-bond donors (Lipinski definition) is 0. The molecule has 0 spiro atoms. The highest BCUT2D eigenvalue weighted by atomic mass is 16.7. The second-order valence-electron chi connectivity index (χ2n) is 8.94. The largest absolute Gasteiger partial charge is 0.498 e. The fourth-order valence-electron chi connectivity index (χ4n) is 3.36. The first kappa shape index (κ1) is 22.3. The van der Waals surface area contributed by atoms with Crippen LogP contribution in [0.5, 0.6) is 5.75 Å². The third-order valence-corrected chi connectivity index (χ3v) is 5.97. The lowest BCUT2D eigenvalue weighted by atomic mass is 9.77. The van der Waals surface area contributed by atoms with Gasteiger partial charge in [0.15, 0.2) is 0 Å². The van der Waals surface area contributed by atoms with Crippen molar-refractivity contribution in [2.75, 3.05) is 13.7 Å². The lowest BCUT2D eigenvalue weighted by Gasteiger charge is -2.32. The molecule has 1 aliphatic rings. The molecule has 4 nitrogen and oxygen atoms in total. The molecule has 1 fully saturated rings. The molecule has 0 bridgehead atoms. The van der Waals surface area contributed by atoms with Gasteiger partial charge in [0, 0.05) is 18.0 Å². The Labute approximate surface area is 166 Å². The van der Waals surface area contributed by atoms with Crippen molar-refractivity contribution in [3.05, 3.63) is 23.8 Å². The molecule has 0 radical (unpaired) electrons. The first-order valence-electron chi connectivity index (χ1n) is 10.4. The molecule has 5 heteroatoms. The molecule has 152 valence electrons. The van der Waals surface area contributed by atoms with E-state index < -0.39 is 7.12 Å². The molecule has 0 N–H and O–H groups in total. The van der Waals surface area contributed by atoms with E-state index in [0.29, 0.717) is 6.04 Å². The van der Waals surface area contributed by atoms with Crippen LogP contribution in [0.25, 0.3) is 0 Å². The van der Waals surface area contributed by atoms with Crippen LogP contribution in [-0.2, 0) is 15.9 Å². The molecule has 0 aromatic heterocycles. The van der Waals surface area contributed by atoms with Crippen LogP contribution in [-0.4, -0.2) is 42.9 Å². The minimum Gasteiger partial charge on any atom is -0.497 e. The Bertz CT molecular complexity index is 600. The van der Waals surface area contributed by atoms with Crippen LogP contribution in [0, 0.1) is 0 Å². The third kappa shape index (κ3) is 5.27. The number of unbranched alkanes of at least 4 members (excludes halogenated alkanes) is 2. The number of ether oxygens (including phenoxy) is 1. The summed E-state index contributed by atoms with van der Waals surface area (Å²) in [4.78, 5) is 2.53. The van der Waals surface area contributed by atoms with Crippen molar-refractivity contribution in [2.45, 2.75) is 91.5 Å². The zero-order valence-electron chi connectivity index (χ0n) is 18.6. The SMILES string of the molecule is CCCCCN(Cc1ccc(OC)c(B2OC(C)(C)C(C)(C)O2)c1)C(C)C. The van der Waals surface area contributed by atoms with E-state index in [2.05, 4.69) is 65.5 Å². The zero-order valence-corrected chi connectivity index (χ0v) is 18.6. The molecule has 0 unspecified atom stereocenters. The predicted octanol–water partition coefficient (Wildman–Crippen LogP) is 4.40. The molecule has 1 heterocycles. The Balaban J connectivity index is 2.22. The van der Waals surface area contributed by atoms with Gasteiger partial charge in [-0.2, -0.15) is 0 Å². The average molecular weight is 375 g/mol. The van der Waals surface area contributed by atoms with E-state index in [4.69, 9.17) is 14.0 Å². The topological polar surface area (TPSA) is 30.9 Å². The molecule has 1 aromatic carbocycles. The van der Waals surface area contributed by atoms with Crippen LogP contribution in [0.2, 0.25) is 0 Å². The van der Waals surface area contributed by atoms with Crippen LogP contribution < -0.4 is 10.2 Å². The van der Waals surface area contributed by atoms with Crippen molar-refractivity contribution in [1.29, 1.82) is 0 Å². The second kappa shape index (κ2) is 8.98. The molecule has 0 aliphatic carbocycles. The smallest absolute Gasteiger partial charge is 0.497 e. The van der Waals surface area contributed by atoms with Gasteiger partial charge >= 0.3 is 7.12 Å². The van der Waals surface area contributed by atoms with Gasteiger partial charge < -0.3 is 14.0 Å². The van der Waals surface area contributed by atoms with E-state index in [1.54, 1.807) is 7.11 Å². The van der Waals surface area contributed by atoms with Crippen molar-refractivity contribution < 1.29 is 14.0 Å². The fraction of sp³-hybridized carbons (Fsp3) is 0.727. The standard InChI is InChI=1S/C22H38BNO3/c1-9-10-11-14-24(17(2)3)16-18-12-13-20(25-8)19(15-18)23-26-21(4,5)22(6,7)27-23/h12-13,15,17H,9-11,14,16H2,1-8H3. The van der Waals surface area contributed by atoms with Crippen molar-refractivity contribution in [3.63, 3.8) is 0 Å². The number of methoxy groups -OCH3 is 1. The van der Waals surface area contributed by atoms with E-state index in [1.165, 1.54) is 24.8 Å². The van der Waals surface area contributed by atoms with Gasteiger partial charge in [0.25, 0.3) is 0 Å². The van der Waals surface area contributed by atoms with E-state index >= 15 is 0 Å². The van der Waals surface area contributed by atoms with Crippen molar-refractivity contribution in [1.82, 2.24) is 4.90 Å². The summed E-state index contributed by atoms with van der Waals surface area (Å²) in [7, 11) is 1.30. The van der Waals surface area contributed by atoms with Crippen molar-refractivity contribution in [2.24, 2.45) is 0 Å². The third-order valence-electron chi connectivity index (χ3n) is 5.97. The Morgan fingerprint density at radius 3 is 2.22 bits per heavy atom. The summed E-state index contributed by atoms with van der Waals surface area (Å²) in [5.41, 5.74) is 1.53. The quantitative estimate of drug-likeness (QED) is 0.473. The highest BCUT2D eigenvalue weighted by Crippen LogP contribution is 2.37. The first-order valence-corrected chi connectivity index (χ1v) is 10.4. The maximum absolute atomic E-state index is 6.26. The van der Waals surface area contributed by atoms with E-state index in [-0.39, 0.29) is 11.2 Å². The summed E-state index contributed by atoms with van der Waals surface area (Å²) < 4.78 is 18.1. The van der Waals surface area contributed by atoms with Gasteiger partial charge in [-0.05, 0) is 66.1 Å². The molecule has 1 aromatic rings. The maximum Gasteiger partial charge on any atom is 0.498 e. The molecular formula is C22H38BNO3. The summed E-state index contributed by atoms with van der Waals surface area (Å²) in [6.07, 6.45) is 3.78. The van der Waals surface area contributed by atoms with E-state index in [9.17, 15) is 0 Å². The van der Waals surface area contributed by atoms with Gasteiger partial charge in [-0.1, -0.05) is 31.9 Å². The highest BCUT2D eigenvalue weighted by Gasteiger charge is 2.52. The molecule has 0 atom stereocenters. The van der Waals surface area contributed by atoms with Crippen LogP contribution in [0.15, 0.2) is 18.2 Å². The summed E-state index contributed by atoms with van der Waals surface area (Å²) in [6, 6.07) is 6.91. The minimum absolute atomic E-state index is 0.358. The predicted molar refractivity (Wildman–Crippen MR) is 114 cm³/mol. The Morgan fingerprint density at radius 1 is 1.07 bits per heavy atom. The van der Waals surface area contributed by atoms with Crippen molar-refractivity contribution >= 4 is 12.6 Å². The molecule has 0 amide bonds. The monoisotopic (exact) mass is 375 g/mol. The maximum atomic E-state index is 6.26. The summed E-state index contributed by atoms with van der Waals surface area (Å²) in [5, 5.41) is 0. The average Bonchev–Trinajstić information content (AvgIpc) is 2.81. The van der Waals surface area contributed by atoms with Gasteiger partial charge in [-0.3, -0.25) is 4.90 Å². The van der Waals surface area contributed by atoms with Gasteiger partial charge in [0.1, 0.15) is 5.75 Å². The van der Waals surface area contributed by atoms with Crippen molar-refractivity contribution in [3.8, 4) is 5.75 Å². The van der Waals surface area contributed by atoms with Gasteiger partial charge in [0.05, 0.1) is 18.3 Å². The fourth-order valence-corrected chi connectivity index (χ4v) is 3.36. The molecule has 27 heavy (non-hydrogen) atoms. The first-order chi connectivity index (χ1) is 12.6. The zero-order chi connectivity index (χ0) is 20.2. The lowest BCUT2D eigenvalue weighted by Crippen LogP contribution is -2.41. The van der Waals surface area contributed by atoms with Gasteiger partial charge in [0.2, 0.25) is 0 Å². The van der Waals surface area contributed by atoms with Gasteiger partial charge in [-0.25, -0.2) is 0 Å². The van der Waals surface area contributed by atoms with Gasteiger partial charge in [-0.15, -0.1) is 0 Å². The number of nitrogens with zero attached hydrogens (tertiary/aromatic N) is 1. The lowest BCUT2D eigenvalue weighted by molar-refractivity contribution is 0.00578. The molecule has 2 rings (SSSR count). The number of benzene rings is 1. The minimum atomic E-state index is -0.405. The van der Waals surface area contributed by atoms with Crippen LogP contribution in [0.4, 0.5) is 0 Å². The van der Waals surface area contributed by atoms with Crippen LogP contribution in [0.3, 0.4) is 0 Å². The molecule has 0 saturated carbocycles. The summed E-state index contributed by atoms with van der Waals surface area (Å²) >= 11 is 0. The Hall–Kier alpha value is -1.04. The van der Waals surface area contributed by atoms with Crippen LogP contribution >= 0.6 is 0 Å². The molecule has 1 aliphatic heterocycles. The highest BCUT2D eigenvalue weighted by molar-refractivity contribution is 6.63. The molecular weight excluding hydrogens is 337 g/mol. The normalized spacial score (nSPS) is 18.5. The van der Waals surface area contributed by atoms with E-state index in [0.717, 1.165) is 24.3 Å². The van der Waals surface area contributed by atoms with E-state index in [1.807, 2.05) is 6.07 Å². The Morgan fingerprint density at radius 2 is 1.70 bits per heavy atom. The second-order valence-corrected chi connectivity index (χ2v) is 8.94. The molecule has 1 saturated heterocycles. The number of hydrogen-bond acceptors (Lipinski definition) is 4. The summed E-state index contributed by atoms with van der Waals surface area (Å²) in [5.74, 6) is 0.819. The number of rotatable bonds is 9. The van der Waals surface area contributed by atoms with Crippen LogP contribution in [0.1, 0.15) is 73.3 Å². The summed E-state index contributed by atoms with van der Waals surface area (Å²) in [6.45, 7) is 17.2.